The van der Waals surface area contributed by atoms with Crippen molar-refractivity contribution in [3.05, 3.63) is 63.4 Å². The molecule has 130 valence electrons. The van der Waals surface area contributed by atoms with E-state index >= 15 is 0 Å². The van der Waals surface area contributed by atoms with Gasteiger partial charge in [0.2, 0.25) is 0 Å². The third-order valence-electron chi connectivity index (χ3n) is 3.10. The van der Waals surface area contributed by atoms with E-state index in [4.69, 9.17) is 33.2 Å². The van der Waals surface area contributed by atoms with Crippen LogP contribution in [0.25, 0.3) is 6.08 Å². The number of carbonyl (C=O) groups excluding carboxylic acids is 1. The molecule has 0 bridgehead atoms. The first-order valence-electron chi connectivity index (χ1n) is 7.12. The molecule has 0 atom stereocenters. The number of para-hydroxylation sites is 1. The summed E-state index contributed by atoms with van der Waals surface area (Å²) in [5.74, 6) is -1.28. The summed E-state index contributed by atoms with van der Waals surface area (Å²) in [5.41, 5.74) is 0.0468. The van der Waals surface area contributed by atoms with Crippen molar-refractivity contribution in [2.75, 3.05) is 11.9 Å². The summed E-state index contributed by atoms with van der Waals surface area (Å²) in [6.07, 6.45) is 1.25. The summed E-state index contributed by atoms with van der Waals surface area (Å²) in [6, 6.07) is 12.0. The first kappa shape index (κ1) is 19.3. The number of anilines is 1. The number of hydrogen-bond acceptors (Lipinski definition) is 4. The average molecular weight is 390 g/mol. The number of nitrogens with one attached hydrogen (secondary N) is 1. The van der Waals surface area contributed by atoms with Crippen LogP contribution >= 0.6 is 23.2 Å². The normalized spacial score (nSPS) is 10.6. The van der Waals surface area contributed by atoms with Crippen LogP contribution in [0.2, 0.25) is 10.0 Å². The number of rotatable bonds is 5. The summed E-state index contributed by atoms with van der Waals surface area (Å²) in [5, 5.41) is 20.3. The van der Waals surface area contributed by atoms with E-state index in [1.807, 2.05) is 0 Å². The molecule has 0 aliphatic carbocycles. The van der Waals surface area contributed by atoms with E-state index in [1.54, 1.807) is 18.2 Å². The minimum atomic E-state index is -0.783. The third kappa shape index (κ3) is 4.73. The summed E-state index contributed by atoms with van der Waals surface area (Å²) < 4.78 is 18.7. The van der Waals surface area contributed by atoms with Crippen molar-refractivity contribution >= 4 is 40.9 Å². The largest absolute Gasteiger partial charge is 0.476 e. The van der Waals surface area contributed by atoms with Gasteiger partial charge in [0.1, 0.15) is 23.5 Å². The lowest BCUT2D eigenvalue weighted by Gasteiger charge is -2.09. The van der Waals surface area contributed by atoms with E-state index in [2.05, 4.69) is 5.32 Å². The molecule has 0 saturated heterocycles. The molecule has 1 N–H and O–H groups in total. The molecule has 2 aromatic carbocycles. The number of ether oxygens (including phenoxy) is 1. The van der Waals surface area contributed by atoms with E-state index in [9.17, 15) is 14.4 Å². The molecule has 5 nitrogen and oxygen atoms in total. The minimum absolute atomic E-state index is 0.0463. The number of carbonyl (C=O) groups is 1. The molecule has 2 rings (SSSR count). The topological polar surface area (TPSA) is 85.9 Å². The van der Waals surface area contributed by atoms with E-state index in [0.29, 0.717) is 5.56 Å². The second-order valence-electron chi connectivity index (χ2n) is 4.86. The van der Waals surface area contributed by atoms with Crippen LogP contribution in [0.3, 0.4) is 0 Å². The maximum atomic E-state index is 13.6. The maximum Gasteiger partial charge on any atom is 0.266 e. The lowest BCUT2D eigenvalue weighted by Crippen LogP contribution is -2.14. The summed E-state index contributed by atoms with van der Waals surface area (Å²) >= 11 is 12.1. The fourth-order valence-corrected chi connectivity index (χ4v) is 2.59. The third-order valence-corrected chi connectivity index (χ3v) is 3.66. The molecular formula is C18H10Cl2FN3O2. The van der Waals surface area contributed by atoms with Crippen LogP contribution < -0.4 is 10.1 Å². The predicted octanol–water partition coefficient (Wildman–Crippen LogP) is 4.58. The van der Waals surface area contributed by atoms with Gasteiger partial charge in [-0.15, -0.1) is 0 Å². The zero-order valence-electron chi connectivity index (χ0n) is 13.1. The van der Waals surface area contributed by atoms with Crippen molar-refractivity contribution in [3.63, 3.8) is 0 Å². The number of amides is 1. The van der Waals surface area contributed by atoms with Crippen LogP contribution in [0.1, 0.15) is 5.56 Å². The van der Waals surface area contributed by atoms with Crippen molar-refractivity contribution < 1.29 is 13.9 Å². The first-order chi connectivity index (χ1) is 12.5. The van der Waals surface area contributed by atoms with Crippen molar-refractivity contribution in [3.8, 4) is 17.9 Å². The summed E-state index contributed by atoms with van der Waals surface area (Å²) in [4.78, 5) is 12.2. The second-order valence-corrected chi connectivity index (χ2v) is 5.68. The monoisotopic (exact) mass is 389 g/mol. The Morgan fingerprint density at radius 2 is 1.88 bits per heavy atom. The van der Waals surface area contributed by atoms with Crippen molar-refractivity contribution in [2.24, 2.45) is 0 Å². The molecule has 0 aliphatic rings. The lowest BCUT2D eigenvalue weighted by molar-refractivity contribution is -0.112. The zero-order chi connectivity index (χ0) is 19.1. The molecule has 0 fully saturated rings. The Hall–Kier alpha value is -3.06. The Labute approximate surface area is 158 Å². The molecule has 0 saturated carbocycles. The van der Waals surface area contributed by atoms with Crippen LogP contribution in [0, 0.1) is 28.5 Å². The SMILES string of the molecule is N#CCOc1c(Cl)cc(/C=C(/C#N)C(=O)Nc2ccccc2F)cc1Cl. The molecule has 0 aromatic heterocycles. The van der Waals surface area contributed by atoms with Gasteiger partial charge in [-0.25, -0.2) is 4.39 Å². The van der Waals surface area contributed by atoms with Gasteiger partial charge >= 0.3 is 0 Å². The molecule has 0 unspecified atom stereocenters. The number of halogens is 3. The van der Waals surface area contributed by atoms with E-state index in [0.717, 1.165) is 0 Å². The molecule has 2 aromatic rings. The smallest absolute Gasteiger partial charge is 0.266 e. The van der Waals surface area contributed by atoms with Gasteiger partial charge in [0.25, 0.3) is 5.91 Å². The fourth-order valence-electron chi connectivity index (χ4n) is 1.97. The molecule has 1 amide bonds. The Morgan fingerprint density at radius 1 is 1.23 bits per heavy atom. The highest BCUT2D eigenvalue weighted by atomic mass is 35.5. The highest BCUT2D eigenvalue weighted by Crippen LogP contribution is 2.34. The fraction of sp³-hybridized carbons (Fsp3) is 0.0556. The van der Waals surface area contributed by atoms with Gasteiger partial charge in [0.05, 0.1) is 15.7 Å². The zero-order valence-corrected chi connectivity index (χ0v) is 14.6. The van der Waals surface area contributed by atoms with Crippen molar-refractivity contribution in [1.82, 2.24) is 0 Å². The maximum absolute atomic E-state index is 13.6. The summed E-state index contributed by atoms with van der Waals surface area (Å²) in [7, 11) is 0. The molecule has 0 spiro atoms. The van der Waals surface area contributed by atoms with Gasteiger partial charge in [0.15, 0.2) is 12.4 Å². The highest BCUT2D eigenvalue weighted by molar-refractivity contribution is 6.37. The van der Waals surface area contributed by atoms with Gasteiger partial charge in [-0.1, -0.05) is 35.3 Å². The van der Waals surface area contributed by atoms with Gasteiger partial charge in [-0.3, -0.25) is 4.79 Å². The molecule has 26 heavy (non-hydrogen) atoms. The quantitative estimate of drug-likeness (QED) is 0.598. The average Bonchev–Trinajstić information content (AvgIpc) is 2.61. The van der Waals surface area contributed by atoms with Crippen LogP contribution in [-0.4, -0.2) is 12.5 Å². The van der Waals surface area contributed by atoms with Crippen LogP contribution in [0.5, 0.6) is 5.75 Å². The number of nitriles is 2. The molecule has 8 heteroatoms. The molecule has 0 aliphatic heterocycles. The first-order valence-corrected chi connectivity index (χ1v) is 7.88. The molecule has 0 heterocycles. The standard InChI is InChI=1S/C18H10Cl2FN3O2/c19-13-8-11(9-14(20)17(13)26-6-5-22)7-12(10-23)18(25)24-16-4-2-1-3-15(16)21/h1-4,7-9H,6H2,(H,24,25)/b12-7-. The number of hydrogen-bond donors (Lipinski definition) is 1. The number of benzene rings is 2. The minimum Gasteiger partial charge on any atom is -0.476 e. The van der Waals surface area contributed by atoms with E-state index < -0.39 is 11.7 Å². The van der Waals surface area contributed by atoms with Gasteiger partial charge in [-0.05, 0) is 35.9 Å². The predicted molar refractivity (Wildman–Crippen MR) is 96.2 cm³/mol. The Kier molecular flexibility index (Phi) is 6.57. The highest BCUT2D eigenvalue weighted by Gasteiger charge is 2.14. The van der Waals surface area contributed by atoms with E-state index in [-0.39, 0.29) is 33.7 Å². The lowest BCUT2D eigenvalue weighted by atomic mass is 10.1. The van der Waals surface area contributed by atoms with E-state index in [1.165, 1.54) is 36.4 Å². The van der Waals surface area contributed by atoms with Gasteiger partial charge in [0, 0.05) is 0 Å². The van der Waals surface area contributed by atoms with Crippen molar-refractivity contribution in [2.45, 2.75) is 0 Å². The van der Waals surface area contributed by atoms with Gasteiger partial charge in [-0.2, -0.15) is 10.5 Å². The Bertz CT molecular complexity index is 939. The molecule has 0 radical (unpaired) electrons. The molecular weight excluding hydrogens is 380 g/mol. The van der Waals surface area contributed by atoms with Crippen LogP contribution in [-0.2, 0) is 4.79 Å². The van der Waals surface area contributed by atoms with Gasteiger partial charge < -0.3 is 10.1 Å². The Morgan fingerprint density at radius 3 is 2.46 bits per heavy atom. The van der Waals surface area contributed by atoms with Crippen LogP contribution in [0.4, 0.5) is 10.1 Å². The number of nitrogens with zero attached hydrogens (tertiary/aromatic N) is 2. The summed E-state index contributed by atoms with van der Waals surface area (Å²) in [6.45, 7) is -0.233. The Balaban J connectivity index is 2.28. The second kappa shape index (κ2) is 8.87. The van der Waals surface area contributed by atoms with Crippen molar-refractivity contribution in [1.29, 1.82) is 10.5 Å². The van der Waals surface area contributed by atoms with Crippen LogP contribution in [0.15, 0.2) is 42.0 Å².